The van der Waals surface area contributed by atoms with Crippen molar-refractivity contribution in [2.75, 3.05) is 5.32 Å². The Kier molecular flexibility index (Phi) is 5.88. The van der Waals surface area contributed by atoms with Gasteiger partial charge in [0, 0.05) is 10.7 Å². The third-order valence-electron chi connectivity index (χ3n) is 3.10. The maximum absolute atomic E-state index is 11.9. The van der Waals surface area contributed by atoms with Crippen LogP contribution in [0.3, 0.4) is 0 Å². The van der Waals surface area contributed by atoms with Gasteiger partial charge in [0.2, 0.25) is 0 Å². The Hall–Kier alpha value is -2.66. The molecule has 2 amide bonds. The van der Waals surface area contributed by atoms with Crippen LogP contribution in [0, 0.1) is 0 Å². The van der Waals surface area contributed by atoms with Crippen LogP contribution in [-0.4, -0.2) is 18.0 Å². The Morgan fingerprint density at radius 1 is 1.09 bits per heavy atom. The second-order valence-electron chi connectivity index (χ2n) is 4.72. The van der Waals surface area contributed by atoms with E-state index in [4.69, 9.17) is 11.6 Å². The van der Waals surface area contributed by atoms with Crippen molar-refractivity contribution in [2.24, 2.45) is 5.10 Å². The van der Waals surface area contributed by atoms with E-state index >= 15 is 0 Å². The van der Waals surface area contributed by atoms with Crippen LogP contribution in [0.25, 0.3) is 0 Å². The Labute approximate surface area is 139 Å². The van der Waals surface area contributed by atoms with Gasteiger partial charge in [0.1, 0.15) is 0 Å². The predicted molar refractivity (Wildman–Crippen MR) is 91.6 cm³/mol. The van der Waals surface area contributed by atoms with Gasteiger partial charge in [0.15, 0.2) is 0 Å². The number of halogens is 1. The summed E-state index contributed by atoms with van der Waals surface area (Å²) in [4.78, 5) is 23.6. The van der Waals surface area contributed by atoms with Crippen molar-refractivity contribution in [3.63, 3.8) is 0 Å². The van der Waals surface area contributed by atoms with E-state index in [1.807, 2.05) is 19.1 Å². The highest BCUT2D eigenvalue weighted by Crippen LogP contribution is 2.15. The molecule has 0 spiro atoms. The zero-order valence-electron chi connectivity index (χ0n) is 12.5. The van der Waals surface area contributed by atoms with Gasteiger partial charge in [-0.05, 0) is 35.7 Å². The standard InChI is InChI=1S/C17H16ClN3O2/c1-2-13-5-3-4-6-15(13)20-16(22)17(23)21-19-11-12-7-9-14(18)10-8-12/h3-11H,2H2,1H3,(H,20,22)(H,21,23). The highest BCUT2D eigenvalue weighted by molar-refractivity contribution is 6.39. The van der Waals surface area contributed by atoms with E-state index in [2.05, 4.69) is 15.8 Å². The fourth-order valence-corrected chi connectivity index (χ4v) is 2.02. The summed E-state index contributed by atoms with van der Waals surface area (Å²) < 4.78 is 0. The number of nitrogens with zero attached hydrogens (tertiary/aromatic N) is 1. The second-order valence-corrected chi connectivity index (χ2v) is 5.15. The molecule has 23 heavy (non-hydrogen) atoms. The van der Waals surface area contributed by atoms with Gasteiger partial charge >= 0.3 is 11.8 Å². The molecule has 0 saturated heterocycles. The minimum atomic E-state index is -0.832. The fourth-order valence-electron chi connectivity index (χ4n) is 1.89. The van der Waals surface area contributed by atoms with E-state index in [1.165, 1.54) is 6.21 Å². The van der Waals surface area contributed by atoms with Gasteiger partial charge in [0.25, 0.3) is 0 Å². The van der Waals surface area contributed by atoms with Gasteiger partial charge in [-0.1, -0.05) is 48.9 Å². The molecule has 0 aliphatic carbocycles. The highest BCUT2D eigenvalue weighted by atomic mass is 35.5. The number of para-hydroxylation sites is 1. The molecule has 0 saturated carbocycles. The van der Waals surface area contributed by atoms with Gasteiger partial charge in [0.05, 0.1) is 6.21 Å². The van der Waals surface area contributed by atoms with Crippen LogP contribution in [0.4, 0.5) is 5.69 Å². The first-order chi connectivity index (χ1) is 11.1. The molecule has 0 radical (unpaired) electrons. The van der Waals surface area contributed by atoms with Crippen LogP contribution in [0.15, 0.2) is 53.6 Å². The molecule has 2 N–H and O–H groups in total. The summed E-state index contributed by atoms with van der Waals surface area (Å²) in [7, 11) is 0. The van der Waals surface area contributed by atoms with Crippen molar-refractivity contribution >= 4 is 35.3 Å². The number of anilines is 1. The zero-order valence-corrected chi connectivity index (χ0v) is 13.3. The van der Waals surface area contributed by atoms with Gasteiger partial charge in [-0.2, -0.15) is 5.10 Å². The number of hydrogen-bond donors (Lipinski definition) is 2. The summed E-state index contributed by atoms with van der Waals surface area (Å²) >= 11 is 5.77. The Morgan fingerprint density at radius 3 is 2.48 bits per heavy atom. The molecule has 2 rings (SSSR count). The Bertz CT molecular complexity index is 727. The Morgan fingerprint density at radius 2 is 1.78 bits per heavy atom. The summed E-state index contributed by atoms with van der Waals surface area (Å²) in [5.41, 5.74) is 4.52. The van der Waals surface area contributed by atoms with Crippen LogP contribution < -0.4 is 10.7 Å². The highest BCUT2D eigenvalue weighted by Gasteiger charge is 2.14. The average Bonchev–Trinajstić information content (AvgIpc) is 2.57. The van der Waals surface area contributed by atoms with E-state index in [-0.39, 0.29) is 0 Å². The number of hydrazone groups is 1. The smallest absolute Gasteiger partial charge is 0.317 e. The number of carbonyl (C=O) groups is 2. The lowest BCUT2D eigenvalue weighted by atomic mass is 10.1. The molecule has 2 aromatic carbocycles. The van der Waals surface area contributed by atoms with Crippen LogP contribution in [0.2, 0.25) is 5.02 Å². The molecule has 0 bridgehead atoms. The number of rotatable bonds is 4. The van der Waals surface area contributed by atoms with E-state index < -0.39 is 11.8 Å². The molecule has 6 heteroatoms. The number of aryl methyl sites for hydroxylation is 1. The molecule has 0 aromatic heterocycles. The number of nitrogens with one attached hydrogen (secondary N) is 2. The first kappa shape index (κ1) is 16.7. The SMILES string of the molecule is CCc1ccccc1NC(=O)C(=O)NN=Cc1ccc(Cl)cc1. The van der Waals surface area contributed by atoms with E-state index in [9.17, 15) is 9.59 Å². The number of amides is 2. The van der Waals surface area contributed by atoms with E-state index in [1.54, 1.807) is 36.4 Å². The lowest BCUT2D eigenvalue weighted by Gasteiger charge is -2.08. The van der Waals surface area contributed by atoms with E-state index in [0.29, 0.717) is 10.7 Å². The van der Waals surface area contributed by atoms with E-state index in [0.717, 1.165) is 17.5 Å². The second kappa shape index (κ2) is 8.10. The van der Waals surface area contributed by atoms with Crippen LogP contribution in [0.5, 0.6) is 0 Å². The summed E-state index contributed by atoms with van der Waals surface area (Å²) in [6.45, 7) is 1.97. The minimum Gasteiger partial charge on any atom is -0.317 e. The summed E-state index contributed by atoms with van der Waals surface area (Å²) in [6, 6.07) is 14.2. The van der Waals surface area contributed by atoms with Gasteiger partial charge < -0.3 is 5.32 Å². The first-order valence-corrected chi connectivity index (χ1v) is 7.46. The first-order valence-electron chi connectivity index (χ1n) is 7.08. The topological polar surface area (TPSA) is 70.6 Å². The third-order valence-corrected chi connectivity index (χ3v) is 3.35. The maximum atomic E-state index is 11.9. The molecule has 118 valence electrons. The molecule has 0 aliphatic heterocycles. The van der Waals surface area contributed by atoms with Crippen molar-refractivity contribution < 1.29 is 9.59 Å². The molecular weight excluding hydrogens is 314 g/mol. The lowest BCUT2D eigenvalue weighted by molar-refractivity contribution is -0.136. The molecule has 0 aliphatic rings. The number of hydrogen-bond acceptors (Lipinski definition) is 3. The molecular formula is C17H16ClN3O2. The van der Waals surface area contributed by atoms with Crippen LogP contribution >= 0.6 is 11.6 Å². The molecule has 2 aromatic rings. The lowest BCUT2D eigenvalue weighted by Crippen LogP contribution is -2.32. The van der Waals surface area contributed by atoms with Gasteiger partial charge in [-0.25, -0.2) is 5.43 Å². The zero-order chi connectivity index (χ0) is 16.7. The maximum Gasteiger partial charge on any atom is 0.329 e. The number of carbonyl (C=O) groups excluding carboxylic acids is 2. The number of benzene rings is 2. The summed E-state index contributed by atoms with van der Waals surface area (Å²) in [5.74, 6) is -1.60. The molecule has 5 nitrogen and oxygen atoms in total. The molecule has 0 atom stereocenters. The summed E-state index contributed by atoms with van der Waals surface area (Å²) in [5, 5.41) is 6.93. The largest absolute Gasteiger partial charge is 0.329 e. The minimum absolute atomic E-state index is 0.611. The summed E-state index contributed by atoms with van der Waals surface area (Å²) in [6.07, 6.45) is 2.19. The average molecular weight is 330 g/mol. The molecule has 0 fully saturated rings. The third kappa shape index (κ3) is 4.93. The monoisotopic (exact) mass is 329 g/mol. The normalized spacial score (nSPS) is 10.5. The van der Waals surface area contributed by atoms with Crippen LogP contribution in [0.1, 0.15) is 18.1 Å². The van der Waals surface area contributed by atoms with Gasteiger partial charge in [-0.3, -0.25) is 9.59 Å². The predicted octanol–water partition coefficient (Wildman–Crippen LogP) is 2.99. The fraction of sp³-hybridized carbons (Fsp3) is 0.118. The van der Waals surface area contributed by atoms with Crippen molar-refractivity contribution in [1.29, 1.82) is 0 Å². The van der Waals surface area contributed by atoms with Gasteiger partial charge in [-0.15, -0.1) is 0 Å². The quantitative estimate of drug-likeness (QED) is 0.514. The van der Waals surface area contributed by atoms with Crippen molar-refractivity contribution in [1.82, 2.24) is 5.43 Å². The van der Waals surface area contributed by atoms with Crippen molar-refractivity contribution in [3.8, 4) is 0 Å². The Balaban J connectivity index is 1.92. The molecule has 0 unspecified atom stereocenters. The van der Waals surface area contributed by atoms with Crippen molar-refractivity contribution in [3.05, 3.63) is 64.7 Å². The molecule has 0 heterocycles. The van der Waals surface area contributed by atoms with Crippen molar-refractivity contribution in [2.45, 2.75) is 13.3 Å². The van der Waals surface area contributed by atoms with Crippen LogP contribution in [-0.2, 0) is 16.0 Å².